The molecule has 0 bridgehead atoms. The second-order valence-corrected chi connectivity index (χ2v) is 8.71. The second-order valence-electron chi connectivity index (χ2n) is 7.81. The minimum Gasteiger partial charge on any atom is -0.442 e. The Bertz CT molecular complexity index is 1170. The predicted octanol–water partition coefficient (Wildman–Crippen LogP) is 1.90. The number of nitrogens with zero attached hydrogens (tertiary/aromatic N) is 7. The third-order valence-corrected chi connectivity index (χ3v) is 6.22. The lowest BCUT2D eigenvalue weighted by atomic mass is 10.2. The number of carbonyl (C=O) groups excluding carboxylic acids is 2. The summed E-state index contributed by atoms with van der Waals surface area (Å²) in [6.45, 7) is 1.32. The topological polar surface area (TPSA) is 121 Å². The van der Waals surface area contributed by atoms with Crippen molar-refractivity contribution < 1.29 is 23.1 Å². The van der Waals surface area contributed by atoms with Crippen molar-refractivity contribution in [3.8, 4) is 0 Å². The first-order valence-corrected chi connectivity index (χ1v) is 11.6. The van der Waals surface area contributed by atoms with Crippen LogP contribution in [0.15, 0.2) is 36.1 Å². The number of anilines is 3. The van der Waals surface area contributed by atoms with E-state index in [0.29, 0.717) is 5.13 Å². The van der Waals surface area contributed by atoms with Gasteiger partial charge in [0, 0.05) is 49.5 Å². The van der Waals surface area contributed by atoms with E-state index in [1.807, 2.05) is 0 Å². The molecule has 1 aromatic carbocycles. The van der Waals surface area contributed by atoms with Crippen LogP contribution in [0.1, 0.15) is 0 Å². The molecule has 2 aromatic heterocycles. The summed E-state index contributed by atoms with van der Waals surface area (Å²) < 4.78 is 37.0. The number of ether oxygens (including phenoxy) is 1. The molecule has 2 saturated heterocycles. The molecule has 0 aliphatic carbocycles. The van der Waals surface area contributed by atoms with Crippen LogP contribution in [0.25, 0.3) is 0 Å². The van der Waals surface area contributed by atoms with Crippen molar-refractivity contribution in [3.63, 3.8) is 0 Å². The SMILES string of the molecule is O=C(Nc1nccs1)N1CCN(c2c(F)cc(N3C[C@H](Cn4ccnn4)OC3=O)cc2F)CCN1. The van der Waals surface area contributed by atoms with E-state index in [2.05, 4.69) is 26.0 Å². The van der Waals surface area contributed by atoms with Gasteiger partial charge < -0.3 is 9.64 Å². The van der Waals surface area contributed by atoms with E-state index in [1.54, 1.807) is 17.8 Å². The molecule has 2 aliphatic rings. The van der Waals surface area contributed by atoms with Gasteiger partial charge in [-0.25, -0.2) is 33.5 Å². The van der Waals surface area contributed by atoms with Crippen LogP contribution >= 0.6 is 11.3 Å². The zero-order valence-corrected chi connectivity index (χ0v) is 19.1. The Labute approximate surface area is 202 Å². The number of thiazole rings is 1. The molecule has 2 N–H and O–H groups in total. The maximum Gasteiger partial charge on any atom is 0.414 e. The molecule has 3 aromatic rings. The molecule has 5 rings (SSSR count). The minimum atomic E-state index is -0.812. The van der Waals surface area contributed by atoms with Crippen molar-refractivity contribution in [2.45, 2.75) is 12.6 Å². The molecule has 2 fully saturated rings. The number of amides is 3. The highest BCUT2D eigenvalue weighted by molar-refractivity contribution is 7.13. The first kappa shape index (κ1) is 22.9. The van der Waals surface area contributed by atoms with Gasteiger partial charge in [0.15, 0.2) is 16.8 Å². The summed E-state index contributed by atoms with van der Waals surface area (Å²) in [4.78, 5) is 31.5. The van der Waals surface area contributed by atoms with E-state index >= 15 is 8.78 Å². The number of rotatable bonds is 5. The van der Waals surface area contributed by atoms with Gasteiger partial charge in [-0.05, 0) is 0 Å². The zero-order chi connectivity index (χ0) is 24.4. The van der Waals surface area contributed by atoms with Crippen molar-refractivity contribution in [1.82, 2.24) is 30.4 Å². The molecule has 1 atom stereocenters. The number of cyclic esters (lactones) is 1. The predicted molar refractivity (Wildman–Crippen MR) is 122 cm³/mol. The summed E-state index contributed by atoms with van der Waals surface area (Å²) in [6.07, 6.45) is 3.48. The van der Waals surface area contributed by atoms with E-state index in [4.69, 9.17) is 4.74 Å². The summed E-state index contributed by atoms with van der Waals surface area (Å²) >= 11 is 1.28. The van der Waals surface area contributed by atoms with E-state index in [0.717, 1.165) is 12.1 Å². The first-order chi connectivity index (χ1) is 17.0. The van der Waals surface area contributed by atoms with Gasteiger partial charge in [0.1, 0.15) is 11.8 Å². The third-order valence-electron chi connectivity index (χ3n) is 5.54. The second kappa shape index (κ2) is 9.79. The molecule has 184 valence electrons. The Hall–Kier alpha value is -3.85. The van der Waals surface area contributed by atoms with Gasteiger partial charge in [-0.3, -0.25) is 15.2 Å². The number of aromatic nitrogens is 4. The van der Waals surface area contributed by atoms with Gasteiger partial charge >= 0.3 is 12.1 Å². The molecule has 2 aliphatic heterocycles. The lowest BCUT2D eigenvalue weighted by Crippen LogP contribution is -2.46. The molecule has 15 heteroatoms. The number of hydrogen-bond donors (Lipinski definition) is 2. The van der Waals surface area contributed by atoms with Crippen molar-refractivity contribution >= 4 is 40.0 Å². The maximum absolute atomic E-state index is 15.1. The first-order valence-electron chi connectivity index (χ1n) is 10.8. The van der Waals surface area contributed by atoms with Crippen molar-refractivity contribution in [3.05, 3.63) is 47.7 Å². The summed E-state index contributed by atoms with van der Waals surface area (Å²) in [6, 6.07) is 1.82. The number of hydrogen-bond acceptors (Lipinski definition) is 9. The molecule has 0 saturated carbocycles. The van der Waals surface area contributed by atoms with E-state index in [9.17, 15) is 9.59 Å². The fraction of sp³-hybridized carbons (Fsp3) is 0.350. The van der Waals surface area contributed by atoms with E-state index in [-0.39, 0.29) is 50.6 Å². The summed E-state index contributed by atoms with van der Waals surface area (Å²) in [5, 5.41) is 13.7. The van der Waals surface area contributed by atoms with Gasteiger partial charge in [0.05, 0.1) is 31.5 Å². The standard InChI is InChI=1S/C20H21F2N9O3S/c21-15-9-13(30-12-14(34-20(30)33)11-29-5-1-24-27-29)10-16(22)17(15)28-4-2-25-31(7-6-28)19(32)26-18-23-3-8-35-18/h1,3,5,8-10,14,25H,2,4,6-7,11-12H2,(H,23,26,32)/t14-/m0/s1. The van der Waals surface area contributed by atoms with Gasteiger partial charge in [0.2, 0.25) is 0 Å². The average Bonchev–Trinajstić information content (AvgIpc) is 3.55. The molecular formula is C20H21F2N9O3S. The highest BCUT2D eigenvalue weighted by Gasteiger charge is 2.34. The Kier molecular flexibility index (Phi) is 6.41. The lowest BCUT2D eigenvalue weighted by molar-refractivity contribution is 0.129. The molecule has 0 unspecified atom stereocenters. The van der Waals surface area contributed by atoms with Crippen LogP contribution in [0.4, 0.5) is 34.9 Å². The Balaban J connectivity index is 1.25. The highest BCUT2D eigenvalue weighted by atomic mass is 32.1. The number of nitrogens with one attached hydrogen (secondary N) is 2. The number of benzene rings is 1. The molecule has 3 amide bonds. The summed E-state index contributed by atoms with van der Waals surface area (Å²) in [5.41, 5.74) is 2.79. The van der Waals surface area contributed by atoms with Crippen LogP contribution in [-0.2, 0) is 11.3 Å². The van der Waals surface area contributed by atoms with Gasteiger partial charge in [-0.15, -0.1) is 16.4 Å². The van der Waals surface area contributed by atoms with Crippen molar-refractivity contribution in [1.29, 1.82) is 0 Å². The maximum atomic E-state index is 15.1. The Morgan fingerprint density at radius 3 is 2.77 bits per heavy atom. The monoisotopic (exact) mass is 505 g/mol. The molecule has 35 heavy (non-hydrogen) atoms. The van der Waals surface area contributed by atoms with Gasteiger partial charge in [-0.2, -0.15) is 0 Å². The smallest absolute Gasteiger partial charge is 0.414 e. The van der Waals surface area contributed by atoms with Crippen LogP contribution in [0, 0.1) is 11.6 Å². The largest absolute Gasteiger partial charge is 0.442 e. The molecular weight excluding hydrogens is 484 g/mol. The van der Waals surface area contributed by atoms with Gasteiger partial charge in [0.25, 0.3) is 0 Å². The van der Waals surface area contributed by atoms with E-state index in [1.165, 1.54) is 37.0 Å². The van der Waals surface area contributed by atoms with Crippen LogP contribution in [0.3, 0.4) is 0 Å². The van der Waals surface area contributed by atoms with Crippen LogP contribution in [-0.4, -0.2) is 75.9 Å². The third kappa shape index (κ3) is 5.00. The molecule has 4 heterocycles. The summed E-state index contributed by atoms with van der Waals surface area (Å²) in [5.74, 6) is -1.62. The van der Waals surface area contributed by atoms with Gasteiger partial charge in [-0.1, -0.05) is 5.21 Å². The fourth-order valence-corrected chi connectivity index (χ4v) is 4.47. The van der Waals surface area contributed by atoms with Crippen LogP contribution in [0.2, 0.25) is 0 Å². The number of halogens is 2. The van der Waals surface area contributed by atoms with Crippen molar-refractivity contribution in [2.75, 3.05) is 47.8 Å². The van der Waals surface area contributed by atoms with Crippen LogP contribution < -0.4 is 20.5 Å². The van der Waals surface area contributed by atoms with Crippen molar-refractivity contribution in [2.24, 2.45) is 0 Å². The zero-order valence-electron chi connectivity index (χ0n) is 18.3. The van der Waals surface area contributed by atoms with Crippen LogP contribution in [0.5, 0.6) is 0 Å². The number of hydrazine groups is 1. The van der Waals surface area contributed by atoms with E-state index < -0.39 is 29.9 Å². The normalized spacial score (nSPS) is 18.5. The molecule has 12 nitrogen and oxygen atoms in total. The average molecular weight is 506 g/mol. The quantitative estimate of drug-likeness (QED) is 0.540. The lowest BCUT2D eigenvalue weighted by Gasteiger charge is -2.25. The summed E-state index contributed by atoms with van der Waals surface area (Å²) in [7, 11) is 0. The number of carbonyl (C=O) groups is 2. The number of urea groups is 1. The molecule has 0 radical (unpaired) electrons. The molecule has 0 spiro atoms. The Morgan fingerprint density at radius 1 is 1.23 bits per heavy atom. The highest BCUT2D eigenvalue weighted by Crippen LogP contribution is 2.31. The Morgan fingerprint density at radius 2 is 2.06 bits per heavy atom. The fourth-order valence-electron chi connectivity index (χ4n) is 3.95. The minimum absolute atomic E-state index is 0.0623.